The maximum Gasteiger partial charge on any atom is 0.344 e. The predicted molar refractivity (Wildman–Crippen MR) is 101 cm³/mol. The van der Waals surface area contributed by atoms with E-state index in [4.69, 9.17) is 13.9 Å². The van der Waals surface area contributed by atoms with E-state index in [0.717, 1.165) is 0 Å². The number of aliphatic imine (C=N–C) groups is 1. The molecule has 0 bridgehead atoms. The van der Waals surface area contributed by atoms with Crippen molar-refractivity contribution in [2.24, 2.45) is 4.99 Å². The molecule has 0 unspecified atom stereocenters. The molecule has 1 aromatic heterocycles. The van der Waals surface area contributed by atoms with Crippen LogP contribution in [0.3, 0.4) is 0 Å². The van der Waals surface area contributed by atoms with Crippen LogP contribution in [0.1, 0.15) is 12.7 Å². The average Bonchev–Trinajstić information content (AvgIpc) is 3.25. The van der Waals surface area contributed by atoms with Crippen molar-refractivity contribution >= 4 is 34.5 Å². The summed E-state index contributed by atoms with van der Waals surface area (Å²) in [6, 6.07) is 10.6. The highest BCUT2D eigenvalue weighted by molar-refractivity contribution is 8.18. The molecular formula is C19H17NO5S. The SMILES string of the molecule is CCOC(=O)C1=C(O)/C(=C/c2ccco2)SC1=Nc1ccc(OC)cc1. The van der Waals surface area contributed by atoms with E-state index in [2.05, 4.69) is 4.99 Å². The van der Waals surface area contributed by atoms with Gasteiger partial charge in [0, 0.05) is 0 Å². The smallest absolute Gasteiger partial charge is 0.344 e. The molecule has 1 N–H and O–H groups in total. The zero-order chi connectivity index (χ0) is 18.5. The monoisotopic (exact) mass is 371 g/mol. The van der Waals surface area contributed by atoms with Crippen LogP contribution in [-0.4, -0.2) is 29.8 Å². The molecule has 0 aliphatic carbocycles. The molecule has 0 atom stereocenters. The van der Waals surface area contributed by atoms with E-state index in [-0.39, 0.29) is 17.9 Å². The second-order valence-electron chi connectivity index (χ2n) is 5.19. The first-order valence-corrected chi connectivity index (χ1v) is 8.71. The number of methoxy groups -OCH3 is 1. The van der Waals surface area contributed by atoms with Gasteiger partial charge in [0.15, 0.2) is 0 Å². The maximum atomic E-state index is 12.3. The minimum absolute atomic E-state index is 0.0467. The van der Waals surface area contributed by atoms with E-state index in [1.54, 1.807) is 56.5 Å². The lowest BCUT2D eigenvalue weighted by molar-refractivity contribution is -0.138. The second kappa shape index (κ2) is 7.97. The van der Waals surface area contributed by atoms with Crippen molar-refractivity contribution in [1.29, 1.82) is 0 Å². The lowest BCUT2D eigenvalue weighted by Crippen LogP contribution is -2.12. The van der Waals surface area contributed by atoms with Gasteiger partial charge in [-0.25, -0.2) is 9.79 Å². The summed E-state index contributed by atoms with van der Waals surface area (Å²) in [4.78, 5) is 17.2. The van der Waals surface area contributed by atoms with Crippen LogP contribution >= 0.6 is 11.8 Å². The van der Waals surface area contributed by atoms with Crippen molar-refractivity contribution in [3.05, 3.63) is 64.7 Å². The first-order chi connectivity index (χ1) is 12.6. The van der Waals surface area contributed by atoms with Gasteiger partial charge in [0.25, 0.3) is 0 Å². The predicted octanol–water partition coefficient (Wildman–Crippen LogP) is 4.48. The van der Waals surface area contributed by atoms with Gasteiger partial charge < -0.3 is 19.0 Å². The molecule has 1 aliphatic rings. The molecule has 0 spiro atoms. The Bertz CT molecular complexity index is 879. The molecule has 0 radical (unpaired) electrons. The molecule has 0 fully saturated rings. The Balaban J connectivity index is 1.99. The molecule has 6 nitrogen and oxygen atoms in total. The van der Waals surface area contributed by atoms with Crippen molar-refractivity contribution in [2.75, 3.05) is 13.7 Å². The minimum Gasteiger partial charge on any atom is -0.506 e. The van der Waals surface area contributed by atoms with Gasteiger partial charge in [-0.05, 0) is 49.4 Å². The molecule has 0 amide bonds. The molecule has 1 aromatic carbocycles. The minimum atomic E-state index is -0.618. The molecule has 0 saturated carbocycles. The second-order valence-corrected chi connectivity index (χ2v) is 6.22. The van der Waals surface area contributed by atoms with Crippen LogP contribution in [0.4, 0.5) is 5.69 Å². The van der Waals surface area contributed by atoms with Crippen LogP contribution in [0.15, 0.2) is 68.3 Å². The lowest BCUT2D eigenvalue weighted by Gasteiger charge is -2.04. The number of carbonyl (C=O) groups is 1. The van der Waals surface area contributed by atoms with Gasteiger partial charge in [0.05, 0.1) is 30.6 Å². The topological polar surface area (TPSA) is 81.3 Å². The fourth-order valence-electron chi connectivity index (χ4n) is 2.27. The molecule has 2 aromatic rings. The Morgan fingerprint density at radius 3 is 2.69 bits per heavy atom. The van der Waals surface area contributed by atoms with Crippen molar-refractivity contribution in [3.8, 4) is 5.75 Å². The highest BCUT2D eigenvalue weighted by atomic mass is 32.2. The number of rotatable bonds is 5. The number of hydrogen-bond acceptors (Lipinski definition) is 7. The Hall–Kier alpha value is -2.93. The number of furan rings is 1. The van der Waals surface area contributed by atoms with E-state index in [9.17, 15) is 9.90 Å². The van der Waals surface area contributed by atoms with Crippen LogP contribution in [0, 0.1) is 0 Å². The summed E-state index contributed by atoms with van der Waals surface area (Å²) in [6.07, 6.45) is 3.18. The number of carbonyl (C=O) groups excluding carboxylic acids is 1. The largest absolute Gasteiger partial charge is 0.506 e. The molecule has 7 heteroatoms. The molecule has 1 aliphatic heterocycles. The average molecular weight is 371 g/mol. The first-order valence-electron chi connectivity index (χ1n) is 7.89. The quantitative estimate of drug-likeness (QED) is 0.781. The molecule has 134 valence electrons. The number of hydrogen-bond donors (Lipinski definition) is 1. The van der Waals surface area contributed by atoms with Gasteiger partial charge >= 0.3 is 5.97 Å². The zero-order valence-electron chi connectivity index (χ0n) is 14.3. The number of aliphatic hydroxyl groups excluding tert-OH is 1. The Morgan fingerprint density at radius 1 is 1.31 bits per heavy atom. The summed E-state index contributed by atoms with van der Waals surface area (Å²) in [5, 5.41) is 10.9. The van der Waals surface area contributed by atoms with Gasteiger partial charge in [0.2, 0.25) is 0 Å². The van der Waals surface area contributed by atoms with Gasteiger partial charge in [-0.3, -0.25) is 0 Å². The third-order valence-corrected chi connectivity index (χ3v) is 4.51. The standard InChI is InChI=1S/C19H17NO5S/c1-3-24-19(22)16-17(21)15(11-14-5-4-10-25-14)26-18(16)20-12-6-8-13(23-2)9-7-12/h4-11,21H,3H2,1-2H3/b15-11-,20-18?. The number of esters is 1. The van der Waals surface area contributed by atoms with Gasteiger partial charge in [-0.2, -0.15) is 0 Å². The van der Waals surface area contributed by atoms with Crippen LogP contribution in [-0.2, 0) is 9.53 Å². The molecular weight excluding hydrogens is 354 g/mol. The summed E-state index contributed by atoms with van der Waals surface area (Å²) in [5.74, 6) is 0.480. The highest BCUT2D eigenvalue weighted by Gasteiger charge is 2.33. The van der Waals surface area contributed by atoms with E-state index >= 15 is 0 Å². The molecule has 0 saturated heterocycles. The van der Waals surface area contributed by atoms with Gasteiger partial charge in [-0.15, -0.1) is 0 Å². The number of aliphatic hydroxyl groups is 1. The van der Waals surface area contributed by atoms with E-state index in [1.807, 2.05) is 0 Å². The Morgan fingerprint density at radius 2 is 2.08 bits per heavy atom. The van der Waals surface area contributed by atoms with Crippen molar-refractivity contribution in [1.82, 2.24) is 0 Å². The van der Waals surface area contributed by atoms with Crippen LogP contribution in [0.2, 0.25) is 0 Å². The molecule has 3 rings (SSSR count). The van der Waals surface area contributed by atoms with Crippen molar-refractivity contribution in [3.63, 3.8) is 0 Å². The van der Waals surface area contributed by atoms with E-state index < -0.39 is 5.97 Å². The van der Waals surface area contributed by atoms with Crippen molar-refractivity contribution in [2.45, 2.75) is 6.92 Å². The van der Waals surface area contributed by atoms with Crippen LogP contribution < -0.4 is 4.74 Å². The van der Waals surface area contributed by atoms with Crippen molar-refractivity contribution < 1.29 is 23.8 Å². The number of nitrogens with zero attached hydrogens (tertiary/aromatic N) is 1. The summed E-state index contributed by atoms with van der Waals surface area (Å²) in [5.41, 5.74) is 0.674. The van der Waals surface area contributed by atoms with Crippen LogP contribution in [0.5, 0.6) is 5.75 Å². The summed E-state index contributed by atoms with van der Waals surface area (Å²) >= 11 is 1.18. The fourth-order valence-corrected chi connectivity index (χ4v) is 3.28. The van der Waals surface area contributed by atoms with E-state index in [0.29, 0.717) is 27.1 Å². The number of ether oxygens (including phenoxy) is 2. The molecule has 26 heavy (non-hydrogen) atoms. The normalized spacial score (nSPS) is 17.2. The third-order valence-electron chi connectivity index (χ3n) is 3.49. The summed E-state index contributed by atoms with van der Waals surface area (Å²) in [7, 11) is 1.58. The number of benzene rings is 1. The zero-order valence-corrected chi connectivity index (χ0v) is 15.1. The molecule has 2 heterocycles. The Kier molecular flexibility index (Phi) is 5.48. The van der Waals surface area contributed by atoms with Gasteiger partial charge in [-0.1, -0.05) is 11.8 Å². The lowest BCUT2D eigenvalue weighted by atomic mass is 10.2. The maximum absolute atomic E-state index is 12.3. The van der Waals surface area contributed by atoms with E-state index in [1.165, 1.54) is 18.0 Å². The number of thioether (sulfide) groups is 1. The van der Waals surface area contributed by atoms with Crippen LogP contribution in [0.25, 0.3) is 6.08 Å². The third kappa shape index (κ3) is 3.83. The summed E-state index contributed by atoms with van der Waals surface area (Å²) < 4.78 is 15.5. The highest BCUT2D eigenvalue weighted by Crippen LogP contribution is 2.40. The summed E-state index contributed by atoms with van der Waals surface area (Å²) in [6.45, 7) is 1.91. The Labute approximate surface area is 154 Å². The fraction of sp³-hybridized carbons (Fsp3) is 0.158. The van der Waals surface area contributed by atoms with Gasteiger partial charge in [0.1, 0.15) is 27.9 Å². The first kappa shape index (κ1) is 17.9.